The number of amides is 2. The van der Waals surface area contributed by atoms with Crippen molar-refractivity contribution in [1.82, 2.24) is 10.3 Å². The van der Waals surface area contributed by atoms with Crippen molar-refractivity contribution in [1.29, 1.82) is 0 Å². The van der Waals surface area contributed by atoms with Gasteiger partial charge in [-0.15, -0.1) is 0 Å². The number of benzene rings is 1. The van der Waals surface area contributed by atoms with E-state index >= 15 is 0 Å². The molecule has 0 unspecified atom stereocenters. The third-order valence-corrected chi connectivity index (χ3v) is 4.16. The first-order valence-corrected chi connectivity index (χ1v) is 8.03. The van der Waals surface area contributed by atoms with Gasteiger partial charge in [0.2, 0.25) is 5.91 Å². The molecule has 24 heavy (non-hydrogen) atoms. The fraction of sp³-hybridized carbons (Fsp3) is 0.278. The number of nitrogens with one attached hydrogen (secondary N) is 2. The molecule has 6 nitrogen and oxygen atoms in total. The van der Waals surface area contributed by atoms with Crippen LogP contribution in [0.5, 0.6) is 5.75 Å². The van der Waals surface area contributed by atoms with E-state index in [1.165, 1.54) is 0 Å². The fourth-order valence-corrected chi connectivity index (χ4v) is 2.68. The summed E-state index contributed by atoms with van der Waals surface area (Å²) < 4.78 is 5.65. The van der Waals surface area contributed by atoms with Crippen LogP contribution < -0.4 is 15.4 Å². The van der Waals surface area contributed by atoms with Crippen molar-refractivity contribution in [2.24, 2.45) is 5.92 Å². The first-order valence-electron chi connectivity index (χ1n) is 8.03. The molecule has 1 aromatic carbocycles. The van der Waals surface area contributed by atoms with Crippen molar-refractivity contribution in [3.05, 3.63) is 42.1 Å². The summed E-state index contributed by atoms with van der Waals surface area (Å²) in [4.78, 5) is 28.0. The number of ether oxygens (including phenoxy) is 1. The first-order chi connectivity index (χ1) is 11.7. The molecule has 122 valence electrons. The van der Waals surface area contributed by atoms with Gasteiger partial charge in [-0.1, -0.05) is 6.07 Å². The molecule has 0 atom stereocenters. The lowest BCUT2D eigenvalue weighted by molar-refractivity contribution is -0.117. The van der Waals surface area contributed by atoms with Gasteiger partial charge in [0.15, 0.2) is 0 Å². The summed E-state index contributed by atoms with van der Waals surface area (Å²) in [5, 5.41) is 5.63. The van der Waals surface area contributed by atoms with Gasteiger partial charge < -0.3 is 15.4 Å². The van der Waals surface area contributed by atoms with Gasteiger partial charge in [-0.3, -0.25) is 9.59 Å². The van der Waals surface area contributed by atoms with E-state index in [9.17, 15) is 9.59 Å². The Kier molecular flexibility index (Phi) is 3.65. The van der Waals surface area contributed by atoms with Crippen molar-refractivity contribution in [2.45, 2.75) is 12.8 Å². The number of hydrogen-bond acceptors (Lipinski definition) is 4. The van der Waals surface area contributed by atoms with Gasteiger partial charge in [0.1, 0.15) is 18.2 Å². The molecule has 1 saturated carbocycles. The van der Waals surface area contributed by atoms with Gasteiger partial charge in [0.05, 0.1) is 12.1 Å². The zero-order valence-corrected chi connectivity index (χ0v) is 13.0. The van der Waals surface area contributed by atoms with Gasteiger partial charge in [-0.2, -0.15) is 0 Å². The molecule has 0 spiro atoms. The van der Waals surface area contributed by atoms with Crippen molar-refractivity contribution >= 4 is 17.6 Å². The number of pyridine rings is 1. The number of nitrogens with zero attached hydrogens (tertiary/aromatic N) is 1. The molecule has 0 bridgehead atoms. The molecule has 2 aromatic rings. The quantitative estimate of drug-likeness (QED) is 0.907. The molecule has 0 saturated heterocycles. The molecule has 2 heterocycles. The van der Waals surface area contributed by atoms with E-state index in [1.54, 1.807) is 12.3 Å². The maximum atomic E-state index is 11.9. The summed E-state index contributed by atoms with van der Waals surface area (Å²) in [6.45, 7) is 0.941. The van der Waals surface area contributed by atoms with Crippen LogP contribution in [0.15, 0.2) is 36.5 Å². The Morgan fingerprint density at radius 3 is 2.88 bits per heavy atom. The Morgan fingerprint density at radius 1 is 1.21 bits per heavy atom. The smallest absolute Gasteiger partial charge is 0.255 e. The number of carbonyl (C=O) groups excluding carboxylic acids is 2. The van der Waals surface area contributed by atoms with Crippen LogP contribution >= 0.6 is 0 Å². The summed E-state index contributed by atoms with van der Waals surface area (Å²) in [5.74, 6) is 1.15. The second-order valence-corrected chi connectivity index (χ2v) is 6.01. The van der Waals surface area contributed by atoms with Crippen LogP contribution in [0.1, 0.15) is 23.2 Å². The lowest BCUT2D eigenvalue weighted by Crippen LogP contribution is -2.24. The molecule has 1 aliphatic heterocycles. The van der Waals surface area contributed by atoms with E-state index in [2.05, 4.69) is 15.6 Å². The van der Waals surface area contributed by atoms with Crippen LogP contribution in [0.3, 0.4) is 0 Å². The van der Waals surface area contributed by atoms with Crippen LogP contribution in [-0.4, -0.2) is 29.9 Å². The van der Waals surface area contributed by atoms with Crippen LogP contribution in [0.25, 0.3) is 11.1 Å². The second kappa shape index (κ2) is 5.96. The molecule has 1 fully saturated rings. The number of aromatic nitrogens is 1. The summed E-state index contributed by atoms with van der Waals surface area (Å²) >= 11 is 0. The molecule has 6 heteroatoms. The Morgan fingerprint density at radius 2 is 2.04 bits per heavy atom. The fourth-order valence-electron chi connectivity index (χ4n) is 2.68. The Hall–Kier alpha value is -2.89. The minimum atomic E-state index is -0.124. The van der Waals surface area contributed by atoms with Crippen molar-refractivity contribution in [2.75, 3.05) is 18.5 Å². The average Bonchev–Trinajstić information content (AvgIpc) is 3.43. The highest BCUT2D eigenvalue weighted by molar-refractivity contribution is 5.98. The molecule has 2 amide bonds. The number of anilines is 1. The third kappa shape index (κ3) is 2.95. The highest BCUT2D eigenvalue weighted by atomic mass is 16.5. The highest BCUT2D eigenvalue weighted by Crippen LogP contribution is 2.31. The third-order valence-electron chi connectivity index (χ3n) is 4.16. The van der Waals surface area contributed by atoms with Crippen molar-refractivity contribution < 1.29 is 14.3 Å². The molecule has 4 rings (SSSR count). The highest BCUT2D eigenvalue weighted by Gasteiger charge is 2.29. The summed E-state index contributed by atoms with van der Waals surface area (Å²) in [5.41, 5.74) is 2.35. The van der Waals surface area contributed by atoms with Gasteiger partial charge in [0.25, 0.3) is 5.91 Å². The topological polar surface area (TPSA) is 80.3 Å². The van der Waals surface area contributed by atoms with Crippen LogP contribution in [0.4, 0.5) is 5.82 Å². The minimum absolute atomic E-state index is 0.0292. The molecule has 0 radical (unpaired) electrons. The number of rotatable bonds is 3. The second-order valence-electron chi connectivity index (χ2n) is 6.01. The van der Waals surface area contributed by atoms with Gasteiger partial charge in [-0.25, -0.2) is 4.98 Å². The van der Waals surface area contributed by atoms with Gasteiger partial charge in [-0.05, 0) is 48.2 Å². The summed E-state index contributed by atoms with van der Waals surface area (Å²) in [6.07, 6.45) is 3.57. The molecular formula is C18H17N3O3. The monoisotopic (exact) mass is 323 g/mol. The zero-order valence-electron chi connectivity index (χ0n) is 13.0. The Bertz CT molecular complexity index is 815. The summed E-state index contributed by atoms with van der Waals surface area (Å²) in [6, 6.07) is 9.18. The maximum Gasteiger partial charge on any atom is 0.255 e. The predicted molar refractivity (Wildman–Crippen MR) is 88.9 cm³/mol. The zero-order chi connectivity index (χ0) is 16.5. The lowest BCUT2D eigenvalue weighted by atomic mass is 10.0. The largest absolute Gasteiger partial charge is 0.491 e. The van der Waals surface area contributed by atoms with E-state index in [1.807, 2.05) is 24.3 Å². The number of hydrogen-bond donors (Lipinski definition) is 2. The number of carbonyl (C=O) groups is 2. The Balaban J connectivity index is 1.62. The minimum Gasteiger partial charge on any atom is -0.491 e. The predicted octanol–water partition coefficient (Wildman–Crippen LogP) is 2.22. The molecule has 2 N–H and O–H groups in total. The van der Waals surface area contributed by atoms with Crippen LogP contribution in [0, 0.1) is 5.92 Å². The van der Waals surface area contributed by atoms with E-state index < -0.39 is 0 Å². The van der Waals surface area contributed by atoms with Gasteiger partial charge in [0, 0.05) is 12.1 Å². The van der Waals surface area contributed by atoms with Crippen molar-refractivity contribution in [3.63, 3.8) is 0 Å². The summed E-state index contributed by atoms with van der Waals surface area (Å²) in [7, 11) is 0. The molecule has 2 aliphatic rings. The van der Waals surface area contributed by atoms with E-state index in [0.717, 1.165) is 24.0 Å². The van der Waals surface area contributed by atoms with Crippen LogP contribution in [0.2, 0.25) is 0 Å². The molecular weight excluding hydrogens is 306 g/mol. The maximum absolute atomic E-state index is 11.9. The first kappa shape index (κ1) is 14.7. The molecule has 1 aromatic heterocycles. The lowest BCUT2D eigenvalue weighted by Gasteiger charge is -2.10. The van der Waals surface area contributed by atoms with Crippen LogP contribution in [-0.2, 0) is 4.79 Å². The molecule has 1 aliphatic carbocycles. The SMILES string of the molecule is O=C1NCCOc2cc(-c3ccnc(NC(=O)C4CC4)c3)ccc21. The van der Waals surface area contributed by atoms with Gasteiger partial charge >= 0.3 is 0 Å². The van der Waals surface area contributed by atoms with Crippen molar-refractivity contribution in [3.8, 4) is 16.9 Å². The Labute approximate surface area is 139 Å². The van der Waals surface area contributed by atoms with E-state index in [-0.39, 0.29) is 17.7 Å². The number of fused-ring (bicyclic) bond motifs is 1. The van der Waals surface area contributed by atoms with E-state index in [0.29, 0.717) is 30.3 Å². The standard InChI is InChI=1S/C18H17N3O3/c22-17(11-1-2-11)21-16-10-13(5-6-19-16)12-3-4-14-15(9-12)24-8-7-20-18(14)23/h3-6,9-11H,1-2,7-8H2,(H,20,23)(H,19,21,22). The normalized spacial score (nSPS) is 16.4. The van der Waals surface area contributed by atoms with E-state index in [4.69, 9.17) is 4.74 Å². The average molecular weight is 323 g/mol.